The van der Waals surface area contributed by atoms with Crippen LogP contribution in [0.25, 0.3) is 0 Å². The minimum absolute atomic E-state index is 0.0205. The lowest BCUT2D eigenvalue weighted by atomic mass is 9.80. The summed E-state index contributed by atoms with van der Waals surface area (Å²) in [6.45, 7) is 13.5. The van der Waals surface area contributed by atoms with Crippen LogP contribution in [0.1, 0.15) is 119 Å². The fourth-order valence-electron chi connectivity index (χ4n) is 11.0. The number of piperidine rings is 1. The highest BCUT2D eigenvalue weighted by molar-refractivity contribution is 6.09. The molecule has 456 valence electrons. The first kappa shape index (κ1) is 68.5. The number of hydrogen-bond acceptors (Lipinski definition) is 19. The maximum absolute atomic E-state index is 14.8. The van der Waals surface area contributed by atoms with Gasteiger partial charge >= 0.3 is 17.8 Å². The lowest BCUT2D eigenvalue weighted by Gasteiger charge is -2.40. The van der Waals surface area contributed by atoms with Gasteiger partial charge in [-0.15, -0.1) is 0 Å². The van der Waals surface area contributed by atoms with Crippen LogP contribution in [-0.2, 0) is 61.8 Å². The summed E-state index contributed by atoms with van der Waals surface area (Å²) in [5.74, 6) is -8.37. The van der Waals surface area contributed by atoms with Crippen LogP contribution in [0.15, 0.2) is 47.6 Å². The Morgan fingerprint density at radius 3 is 2.14 bits per heavy atom. The molecule has 3 fully saturated rings. The van der Waals surface area contributed by atoms with Crippen LogP contribution >= 0.6 is 0 Å². The van der Waals surface area contributed by atoms with Crippen molar-refractivity contribution in [2.75, 3.05) is 80.7 Å². The van der Waals surface area contributed by atoms with Crippen LogP contribution in [-0.4, -0.2) is 202 Å². The highest BCUT2D eigenvalue weighted by Crippen LogP contribution is 2.36. The number of carbonyl (C=O) groups excluding carboxylic acids is 5. The van der Waals surface area contributed by atoms with Crippen molar-refractivity contribution in [2.45, 2.75) is 185 Å². The summed E-state index contributed by atoms with van der Waals surface area (Å²) in [5, 5.41) is 49.2. The second-order valence-electron chi connectivity index (χ2n) is 22.4. The summed E-state index contributed by atoms with van der Waals surface area (Å²) < 4.78 is 51.3. The Labute approximate surface area is 474 Å². The fourth-order valence-corrected chi connectivity index (χ4v) is 11.0. The van der Waals surface area contributed by atoms with E-state index in [9.17, 15) is 44.4 Å². The molecule has 1 unspecified atom stereocenters. The maximum Gasteiger partial charge on any atom is 0.407 e. The molecule has 7 N–H and O–H groups in total. The molecule has 2 bridgehead atoms. The van der Waals surface area contributed by atoms with Crippen LogP contribution < -0.4 is 11.1 Å². The maximum atomic E-state index is 14.8. The number of fused-ring (bicyclic) bond motifs is 3. The van der Waals surface area contributed by atoms with E-state index in [1.807, 2.05) is 44.2 Å². The lowest BCUT2D eigenvalue weighted by molar-refractivity contribution is -0.231. The van der Waals surface area contributed by atoms with Crippen LogP contribution in [0, 0.1) is 29.6 Å². The molecule has 2 amide bonds. The molecule has 4 aliphatic rings. The standard InChI is InChI=1S/C59H97N3O18/c1-37-15-11-10-12-16-38(2)49(73-8)35-44-20-18-39(3)55(67)59(71,80-44)57(69)62-23-14-13-17-46(62)56(68)78-50(36-47(63)40(4)32-42(6)53(65)54(66)52(64)41(5)31-37)45(60)33-43-19-21-48(51(34-43)74-9)79-58(70)61-22-24-75-27-28-77-30-29-76-26-25-72-7/h10-12,15-16,32,37,39-41,43-51,53-54,63,65-66,71H,13-14,17-31,33-36,60H2,1-9H3,(H,61,70)/b12-10+,15-11+,38-16+,42-32+/t37-,39-,40-,41-,43+,44+,45-,46+,47-,48-,49+,50+,51-,53-,54+,59?/m1/s1. The third-order valence-electron chi connectivity index (χ3n) is 16.0. The molecule has 1 saturated carbocycles. The Hall–Kier alpha value is -3.97. The van der Waals surface area contributed by atoms with Crippen LogP contribution in [0.2, 0.25) is 0 Å². The first-order valence-electron chi connectivity index (χ1n) is 28.9. The first-order valence-corrected chi connectivity index (χ1v) is 28.9. The summed E-state index contributed by atoms with van der Waals surface area (Å²) in [5.41, 5.74) is 8.08. The topological polar surface area (TPSA) is 291 Å². The second kappa shape index (κ2) is 35.2. The van der Waals surface area contributed by atoms with Gasteiger partial charge < -0.3 is 79.0 Å². The average molecular weight is 1140 g/mol. The zero-order chi connectivity index (χ0) is 58.9. The highest BCUT2D eigenvalue weighted by Gasteiger charge is 2.55. The molecule has 3 aliphatic heterocycles. The Balaban J connectivity index is 1.56. The molecule has 3 heterocycles. The zero-order valence-electron chi connectivity index (χ0n) is 49.0. The lowest BCUT2D eigenvalue weighted by Crippen LogP contribution is -2.62. The number of methoxy groups -OCH3 is 3. The van der Waals surface area contributed by atoms with E-state index in [0.717, 1.165) is 5.57 Å². The summed E-state index contributed by atoms with van der Waals surface area (Å²) in [6.07, 6.45) is 6.18. The molecular formula is C59H97N3O18. The number of ether oxygens (including phenoxy) is 9. The molecule has 0 aromatic heterocycles. The van der Waals surface area contributed by atoms with Gasteiger partial charge in [0.25, 0.3) is 5.91 Å². The number of esters is 1. The number of rotatable bonds is 18. The minimum Gasteiger partial charge on any atom is -0.459 e. The predicted octanol–water partition coefficient (Wildman–Crippen LogP) is 4.44. The van der Waals surface area contributed by atoms with Gasteiger partial charge in [-0.25, -0.2) is 9.59 Å². The molecule has 0 aromatic rings. The molecule has 0 aromatic carbocycles. The molecule has 80 heavy (non-hydrogen) atoms. The number of carbonyl (C=O) groups is 5. The van der Waals surface area contributed by atoms with Gasteiger partial charge in [-0.1, -0.05) is 64.2 Å². The number of nitrogens with one attached hydrogen (secondary N) is 1. The average Bonchev–Trinajstić information content (AvgIpc) is 3.54. The second-order valence-corrected chi connectivity index (χ2v) is 22.4. The summed E-state index contributed by atoms with van der Waals surface area (Å²) in [4.78, 5) is 71.0. The molecule has 0 radical (unpaired) electrons. The van der Waals surface area contributed by atoms with E-state index in [0.29, 0.717) is 91.0 Å². The number of cyclic esters (lactones) is 1. The minimum atomic E-state index is -2.91. The molecule has 4 rings (SSSR count). The number of nitrogens with two attached hydrogens (primary N) is 1. The third-order valence-corrected chi connectivity index (χ3v) is 16.0. The van der Waals surface area contributed by atoms with Crippen molar-refractivity contribution in [3.05, 3.63) is 47.6 Å². The normalized spacial score (nSPS) is 35.9. The smallest absolute Gasteiger partial charge is 0.407 e. The number of aliphatic hydroxyl groups is 4. The first-order chi connectivity index (χ1) is 38.1. The SMILES string of the molecule is COCCOCCOCCOCCNC(=O)O[C@@H]1CC[C@@H](C[C@@H](N)[C@@H]2C[C@@H](O)[C@H](C)/C=C(\C)[C@@H](O)[C@@H](O)C(=O)[C@H](C)C[C@H](C)/C=C/C=C/C=C(\C)[C@@H](OC)C[C@@H]3CC[C@@H](C)C(=O)C(O)(O3)C(=O)N3CCCC[C@H]3C(=O)O2)C[C@H]1OC. The van der Waals surface area contributed by atoms with Crippen LogP contribution in [0.3, 0.4) is 0 Å². The van der Waals surface area contributed by atoms with Crippen LogP contribution in [0.4, 0.5) is 4.79 Å². The van der Waals surface area contributed by atoms with E-state index in [4.69, 9.17) is 48.4 Å². The van der Waals surface area contributed by atoms with Gasteiger partial charge in [0.2, 0.25) is 5.78 Å². The van der Waals surface area contributed by atoms with Gasteiger partial charge in [0.1, 0.15) is 30.5 Å². The largest absolute Gasteiger partial charge is 0.459 e. The molecule has 0 spiro atoms. The summed E-state index contributed by atoms with van der Waals surface area (Å²) in [6, 6.07) is -2.13. The summed E-state index contributed by atoms with van der Waals surface area (Å²) in [7, 11) is 4.68. The number of nitrogens with zero attached hydrogens (tertiary/aromatic N) is 1. The predicted molar refractivity (Wildman–Crippen MR) is 297 cm³/mol. The van der Waals surface area contributed by atoms with E-state index in [-0.39, 0.29) is 62.8 Å². The van der Waals surface area contributed by atoms with Crippen molar-refractivity contribution < 1.29 is 87.0 Å². The fraction of sp³-hybridized carbons (Fsp3) is 0.780. The van der Waals surface area contributed by atoms with E-state index >= 15 is 0 Å². The van der Waals surface area contributed by atoms with E-state index < -0.39 is 114 Å². The van der Waals surface area contributed by atoms with Gasteiger partial charge in [-0.05, 0) is 101 Å². The van der Waals surface area contributed by atoms with Crippen molar-refractivity contribution in [2.24, 2.45) is 35.3 Å². The number of hydrogen-bond donors (Lipinski definition) is 6. The molecular weight excluding hydrogens is 1040 g/mol. The van der Waals surface area contributed by atoms with Crippen molar-refractivity contribution in [3.8, 4) is 0 Å². The quantitative estimate of drug-likeness (QED) is 0.0479. The van der Waals surface area contributed by atoms with Crippen molar-refractivity contribution in [1.82, 2.24) is 10.2 Å². The molecule has 2 saturated heterocycles. The Kier molecular flexibility index (Phi) is 30.2. The van der Waals surface area contributed by atoms with Gasteiger partial charge in [0.05, 0.1) is 70.7 Å². The van der Waals surface area contributed by atoms with E-state index in [1.165, 1.54) is 12.0 Å². The highest BCUT2D eigenvalue weighted by atomic mass is 16.6. The number of allylic oxidation sites excluding steroid dienone is 5. The number of amides is 2. The number of alkyl carbamates (subject to hydrolysis) is 1. The van der Waals surface area contributed by atoms with Gasteiger partial charge in [0, 0.05) is 71.1 Å². The Morgan fingerprint density at radius 2 is 1.46 bits per heavy atom. The third kappa shape index (κ3) is 21.3. The van der Waals surface area contributed by atoms with Crippen LogP contribution in [0.5, 0.6) is 0 Å². The van der Waals surface area contributed by atoms with Crippen molar-refractivity contribution in [1.29, 1.82) is 0 Å². The number of Topliss-reactive ketones (excluding diaryl/α,β-unsaturated/α-hetero) is 2. The van der Waals surface area contributed by atoms with Gasteiger partial charge in [-0.3, -0.25) is 14.4 Å². The number of ketones is 2. The molecule has 1 aliphatic carbocycles. The van der Waals surface area contributed by atoms with Crippen molar-refractivity contribution >= 4 is 29.5 Å². The van der Waals surface area contributed by atoms with E-state index in [1.54, 1.807) is 48.0 Å². The monoisotopic (exact) mass is 1140 g/mol. The Morgan fingerprint density at radius 1 is 0.775 bits per heavy atom. The number of aliphatic hydroxyl groups excluding tert-OH is 3. The van der Waals surface area contributed by atoms with E-state index in [2.05, 4.69) is 5.32 Å². The van der Waals surface area contributed by atoms with Crippen molar-refractivity contribution in [3.63, 3.8) is 0 Å². The van der Waals surface area contributed by atoms with Gasteiger partial charge in [-0.2, -0.15) is 0 Å². The Bertz CT molecular complexity index is 2050. The zero-order valence-corrected chi connectivity index (χ0v) is 49.0. The van der Waals surface area contributed by atoms with Gasteiger partial charge in [0.15, 0.2) is 5.78 Å². The molecule has 21 nitrogen and oxygen atoms in total. The summed E-state index contributed by atoms with van der Waals surface area (Å²) >= 11 is 0. The molecule has 21 heteroatoms. The molecule has 16 atom stereocenters.